The number of rotatable bonds is 17. The van der Waals surface area contributed by atoms with Crippen molar-refractivity contribution < 1.29 is 24.3 Å². The molecule has 0 aliphatic carbocycles. The van der Waals surface area contributed by atoms with Crippen molar-refractivity contribution in [1.29, 1.82) is 0 Å². The molecule has 0 aliphatic rings. The van der Waals surface area contributed by atoms with Crippen molar-refractivity contribution in [3.05, 3.63) is 54.2 Å². The second-order valence-electron chi connectivity index (χ2n) is 10.9. The summed E-state index contributed by atoms with van der Waals surface area (Å²) in [5, 5.41) is 18.8. The topological polar surface area (TPSA) is 221 Å². The molecule has 0 saturated heterocycles. The summed E-state index contributed by atoms with van der Waals surface area (Å²) >= 11 is 0. The van der Waals surface area contributed by atoms with Gasteiger partial charge in [0.05, 0.1) is 18.1 Å². The van der Waals surface area contributed by atoms with Crippen LogP contribution < -0.4 is 27.4 Å². The molecule has 4 atom stereocenters. The minimum Gasteiger partial charge on any atom is -0.480 e. The van der Waals surface area contributed by atoms with Crippen molar-refractivity contribution in [1.82, 2.24) is 30.9 Å². The van der Waals surface area contributed by atoms with Crippen LogP contribution >= 0.6 is 0 Å². The number of carboxylic acid groups (broad SMARTS) is 1. The Morgan fingerprint density at radius 2 is 1.62 bits per heavy atom. The molecular weight excluding hydrogens is 540 g/mol. The highest BCUT2D eigenvalue weighted by atomic mass is 16.4. The first-order chi connectivity index (χ1) is 20.1. The van der Waals surface area contributed by atoms with Crippen molar-refractivity contribution in [2.75, 3.05) is 6.54 Å². The number of aromatic amines is 2. The van der Waals surface area contributed by atoms with E-state index < -0.39 is 47.9 Å². The number of nitrogens with one attached hydrogen (secondary N) is 5. The standard InChI is InChI=1S/C29H42N8O5/c1-17(2)11-24(36-26(38)21(31)13-19-15-32-16-34-19)28(40)35-23(9-5-6-10-30)27(39)37-25(29(41)42)12-18-14-33-22-8-4-3-7-20(18)22/h3-4,7-8,14-17,21,23-25,33H,5-6,9-13,30-31H2,1-2H3,(H,32,34)(H,35,40)(H,36,38)(H,37,39)(H,41,42)/t21-,23-,24-,25-/m0/s1. The van der Waals surface area contributed by atoms with Gasteiger partial charge in [0.1, 0.15) is 18.1 Å². The summed E-state index contributed by atoms with van der Waals surface area (Å²) in [7, 11) is 0. The van der Waals surface area contributed by atoms with Crippen molar-refractivity contribution in [2.24, 2.45) is 17.4 Å². The van der Waals surface area contributed by atoms with Gasteiger partial charge in [-0.15, -0.1) is 0 Å². The highest BCUT2D eigenvalue weighted by molar-refractivity contribution is 5.94. The summed E-state index contributed by atoms with van der Waals surface area (Å²) in [6.45, 7) is 4.22. The number of aliphatic carboxylic acids is 1. The monoisotopic (exact) mass is 582 g/mol. The van der Waals surface area contributed by atoms with E-state index in [2.05, 4.69) is 30.9 Å². The molecule has 1 aromatic carbocycles. The number of hydrogen-bond acceptors (Lipinski definition) is 7. The zero-order valence-electron chi connectivity index (χ0n) is 24.1. The third kappa shape index (κ3) is 9.42. The first-order valence-corrected chi connectivity index (χ1v) is 14.2. The highest BCUT2D eigenvalue weighted by Gasteiger charge is 2.31. The number of nitrogens with two attached hydrogens (primary N) is 2. The molecule has 0 fully saturated rings. The van der Waals surface area contributed by atoms with Gasteiger partial charge >= 0.3 is 5.97 Å². The molecule has 13 nitrogen and oxygen atoms in total. The van der Waals surface area contributed by atoms with E-state index in [0.717, 1.165) is 16.5 Å². The number of para-hydroxylation sites is 1. The van der Waals surface area contributed by atoms with Crippen LogP contribution in [0.1, 0.15) is 50.8 Å². The number of carbonyl (C=O) groups is 4. The third-order valence-corrected chi connectivity index (χ3v) is 6.95. The normalized spacial score (nSPS) is 14.2. The molecule has 228 valence electrons. The first kappa shape index (κ1) is 32.3. The van der Waals surface area contributed by atoms with Gasteiger partial charge in [-0.1, -0.05) is 32.0 Å². The van der Waals surface area contributed by atoms with Gasteiger partial charge in [-0.25, -0.2) is 9.78 Å². The summed E-state index contributed by atoms with van der Waals surface area (Å²) in [5.41, 5.74) is 13.9. The average molecular weight is 583 g/mol. The number of amides is 3. The zero-order chi connectivity index (χ0) is 30.6. The Kier molecular flexibility index (Phi) is 12.1. The molecular formula is C29H42N8O5. The lowest BCUT2D eigenvalue weighted by atomic mass is 10.0. The summed E-state index contributed by atoms with van der Waals surface area (Å²) in [4.78, 5) is 61.8. The zero-order valence-corrected chi connectivity index (χ0v) is 24.1. The maximum absolute atomic E-state index is 13.4. The number of unbranched alkanes of at least 4 members (excludes halogenated alkanes) is 1. The SMILES string of the molecule is CC(C)C[C@H](NC(=O)[C@@H](N)Cc1c[nH]cn1)C(=O)N[C@@H](CCCCN)C(=O)N[C@@H](Cc1c[nH]c2ccccc12)C(=O)O. The minimum absolute atomic E-state index is 0.0423. The fourth-order valence-corrected chi connectivity index (χ4v) is 4.73. The molecule has 2 heterocycles. The molecule has 0 spiro atoms. The molecule has 0 unspecified atom stereocenters. The van der Waals surface area contributed by atoms with Crippen molar-refractivity contribution in [2.45, 2.75) is 76.5 Å². The van der Waals surface area contributed by atoms with Crippen molar-refractivity contribution in [3.63, 3.8) is 0 Å². The number of hydrogen-bond donors (Lipinski definition) is 8. The second-order valence-corrected chi connectivity index (χ2v) is 10.9. The molecule has 0 saturated carbocycles. The van der Waals surface area contributed by atoms with Crippen LogP contribution in [0.3, 0.4) is 0 Å². The number of imidazole rings is 1. The van der Waals surface area contributed by atoms with E-state index in [1.807, 2.05) is 38.1 Å². The van der Waals surface area contributed by atoms with Crippen molar-refractivity contribution >= 4 is 34.6 Å². The van der Waals surface area contributed by atoms with E-state index in [4.69, 9.17) is 11.5 Å². The lowest BCUT2D eigenvalue weighted by Gasteiger charge is -2.26. The molecule has 3 aromatic rings. The molecule has 3 amide bonds. The van der Waals surface area contributed by atoms with E-state index in [1.165, 1.54) is 6.33 Å². The Morgan fingerprint density at radius 3 is 2.29 bits per heavy atom. The number of nitrogens with zero attached hydrogens (tertiary/aromatic N) is 1. The van der Waals surface area contributed by atoms with E-state index >= 15 is 0 Å². The largest absolute Gasteiger partial charge is 0.480 e. The quantitative estimate of drug-likeness (QED) is 0.106. The molecule has 10 N–H and O–H groups in total. The molecule has 3 rings (SSSR count). The van der Waals surface area contributed by atoms with Gasteiger partial charge in [-0.3, -0.25) is 14.4 Å². The second kappa shape index (κ2) is 15.7. The molecule has 13 heteroatoms. The number of benzene rings is 1. The fourth-order valence-electron chi connectivity index (χ4n) is 4.73. The Hall–Kier alpha value is -4.23. The van der Waals surface area contributed by atoms with Gasteiger partial charge in [-0.2, -0.15) is 0 Å². The van der Waals surface area contributed by atoms with Crippen LogP contribution in [-0.2, 0) is 32.0 Å². The number of fused-ring (bicyclic) bond motifs is 1. The maximum atomic E-state index is 13.4. The Labute approximate surface area is 244 Å². The predicted octanol–water partition coefficient (Wildman–Crippen LogP) is 0.718. The third-order valence-electron chi connectivity index (χ3n) is 6.95. The summed E-state index contributed by atoms with van der Waals surface area (Å²) < 4.78 is 0. The lowest BCUT2D eigenvalue weighted by molar-refractivity contribution is -0.142. The molecule has 0 aliphatic heterocycles. The summed E-state index contributed by atoms with van der Waals surface area (Å²) in [6, 6.07) is 3.35. The van der Waals surface area contributed by atoms with E-state index in [1.54, 1.807) is 12.4 Å². The maximum Gasteiger partial charge on any atom is 0.326 e. The molecule has 2 aromatic heterocycles. The van der Waals surface area contributed by atoms with Gasteiger partial charge in [-0.05, 0) is 49.8 Å². The van der Waals surface area contributed by atoms with Gasteiger partial charge in [0.25, 0.3) is 0 Å². The van der Waals surface area contributed by atoms with Gasteiger partial charge in [0.15, 0.2) is 0 Å². The summed E-state index contributed by atoms with van der Waals surface area (Å²) in [6.07, 6.45) is 6.78. The van der Waals surface area contributed by atoms with Crippen LogP contribution in [0.25, 0.3) is 10.9 Å². The van der Waals surface area contributed by atoms with Crippen LogP contribution in [0.15, 0.2) is 43.0 Å². The van der Waals surface area contributed by atoms with Crippen LogP contribution in [0, 0.1) is 5.92 Å². The van der Waals surface area contributed by atoms with Gasteiger partial charge in [0, 0.05) is 36.1 Å². The molecule has 0 radical (unpaired) electrons. The van der Waals surface area contributed by atoms with Gasteiger partial charge < -0.3 is 42.5 Å². The van der Waals surface area contributed by atoms with E-state index in [-0.39, 0.29) is 25.2 Å². The fraction of sp³-hybridized carbons (Fsp3) is 0.483. The Balaban J connectivity index is 1.71. The molecule has 0 bridgehead atoms. The number of aromatic nitrogens is 3. The molecule has 42 heavy (non-hydrogen) atoms. The first-order valence-electron chi connectivity index (χ1n) is 14.2. The smallest absolute Gasteiger partial charge is 0.326 e. The Morgan fingerprint density at radius 1 is 0.929 bits per heavy atom. The Bertz CT molecular complexity index is 1320. The van der Waals surface area contributed by atoms with Crippen molar-refractivity contribution in [3.8, 4) is 0 Å². The number of carboxylic acids is 1. The minimum atomic E-state index is -1.23. The van der Waals surface area contributed by atoms with E-state index in [0.29, 0.717) is 31.5 Å². The van der Waals surface area contributed by atoms with Crippen LogP contribution in [0.4, 0.5) is 0 Å². The number of H-pyrrole nitrogens is 2. The highest BCUT2D eigenvalue weighted by Crippen LogP contribution is 2.19. The summed E-state index contributed by atoms with van der Waals surface area (Å²) in [5.74, 6) is -2.86. The van der Waals surface area contributed by atoms with Crippen LogP contribution in [-0.4, -0.2) is 74.5 Å². The predicted molar refractivity (Wildman–Crippen MR) is 158 cm³/mol. The average Bonchev–Trinajstić information content (AvgIpc) is 3.61. The lowest BCUT2D eigenvalue weighted by Crippen LogP contribution is -2.57. The van der Waals surface area contributed by atoms with Crippen LogP contribution in [0.2, 0.25) is 0 Å². The number of carbonyl (C=O) groups excluding carboxylic acids is 3. The van der Waals surface area contributed by atoms with E-state index in [9.17, 15) is 24.3 Å². The van der Waals surface area contributed by atoms with Crippen LogP contribution in [0.5, 0.6) is 0 Å². The van der Waals surface area contributed by atoms with Gasteiger partial charge in [0.2, 0.25) is 17.7 Å².